The normalized spacial score (nSPS) is 25.3. The van der Waals surface area contributed by atoms with Crippen LogP contribution in [0, 0.1) is 11.8 Å². The van der Waals surface area contributed by atoms with E-state index in [0.29, 0.717) is 0 Å². The first-order valence-electron chi connectivity index (χ1n) is 7.90. The molecule has 23 heavy (non-hydrogen) atoms. The summed E-state index contributed by atoms with van der Waals surface area (Å²) in [6, 6.07) is 0. The van der Waals surface area contributed by atoms with Crippen LogP contribution in [0.5, 0.6) is 0 Å². The highest BCUT2D eigenvalue weighted by Crippen LogP contribution is 2.30. The maximum Gasteiger partial charge on any atom is 0.451 e. The Balaban J connectivity index is 1.74. The average molecular weight is 331 g/mol. The Morgan fingerprint density at radius 2 is 2.13 bits per heavy atom. The van der Waals surface area contributed by atoms with Crippen LogP contribution >= 0.6 is 0 Å². The zero-order valence-corrected chi connectivity index (χ0v) is 12.9. The average Bonchev–Trinajstić information content (AvgIpc) is 2.97. The number of carbonyl (C=O) groups is 1. The van der Waals surface area contributed by atoms with E-state index < -0.39 is 12.0 Å². The van der Waals surface area contributed by atoms with Gasteiger partial charge in [0.1, 0.15) is 0 Å². The van der Waals surface area contributed by atoms with Gasteiger partial charge in [-0.05, 0) is 25.4 Å². The van der Waals surface area contributed by atoms with Gasteiger partial charge in [-0.15, -0.1) is 10.2 Å². The Morgan fingerprint density at radius 3 is 2.83 bits per heavy atom. The third kappa shape index (κ3) is 3.06. The van der Waals surface area contributed by atoms with Crippen LogP contribution in [0.25, 0.3) is 0 Å². The maximum atomic E-state index is 12.8. The fraction of sp³-hybridized carbons (Fsp3) is 0.786. The molecule has 1 aromatic rings. The lowest BCUT2D eigenvalue weighted by Crippen LogP contribution is -2.48. The summed E-state index contributed by atoms with van der Waals surface area (Å²) in [4.78, 5) is 14.4. The first-order valence-corrected chi connectivity index (χ1v) is 7.90. The molecule has 6 nitrogen and oxygen atoms in total. The Kier molecular flexibility index (Phi) is 4.31. The smallest absolute Gasteiger partial charge is 0.333 e. The van der Waals surface area contributed by atoms with Crippen LogP contribution < -0.4 is 5.32 Å². The number of halogens is 3. The minimum absolute atomic E-state index is 0.0289. The molecule has 1 fully saturated rings. The number of rotatable bonds is 2. The number of fused-ring (bicyclic) bond motifs is 1. The molecule has 0 bridgehead atoms. The molecule has 0 aliphatic carbocycles. The van der Waals surface area contributed by atoms with Gasteiger partial charge in [0, 0.05) is 19.0 Å². The van der Waals surface area contributed by atoms with Crippen LogP contribution in [-0.2, 0) is 24.1 Å². The Hall–Kier alpha value is -1.64. The number of aromatic nitrogens is 3. The largest absolute Gasteiger partial charge is 0.451 e. The molecule has 2 atom stereocenters. The van der Waals surface area contributed by atoms with Gasteiger partial charge in [-0.3, -0.25) is 4.79 Å². The van der Waals surface area contributed by atoms with E-state index >= 15 is 0 Å². The van der Waals surface area contributed by atoms with Crippen molar-refractivity contribution in [1.29, 1.82) is 0 Å². The summed E-state index contributed by atoms with van der Waals surface area (Å²) in [5, 5.41) is 10.2. The monoisotopic (exact) mass is 331 g/mol. The van der Waals surface area contributed by atoms with Gasteiger partial charge in [0.05, 0.1) is 6.54 Å². The summed E-state index contributed by atoms with van der Waals surface area (Å²) in [7, 11) is 0. The van der Waals surface area contributed by atoms with E-state index in [-0.39, 0.29) is 43.2 Å². The third-order valence-electron chi connectivity index (χ3n) is 4.77. The lowest BCUT2D eigenvalue weighted by Gasteiger charge is -2.36. The molecular weight excluding hydrogens is 311 g/mol. The predicted octanol–water partition coefficient (Wildman–Crippen LogP) is 1.27. The van der Waals surface area contributed by atoms with Gasteiger partial charge >= 0.3 is 6.18 Å². The van der Waals surface area contributed by atoms with Crippen molar-refractivity contribution in [3.8, 4) is 0 Å². The van der Waals surface area contributed by atoms with Gasteiger partial charge in [0.15, 0.2) is 5.82 Å². The van der Waals surface area contributed by atoms with Gasteiger partial charge in [0.25, 0.3) is 0 Å². The van der Waals surface area contributed by atoms with Crippen molar-refractivity contribution in [2.24, 2.45) is 11.8 Å². The first-order chi connectivity index (χ1) is 10.9. The van der Waals surface area contributed by atoms with Gasteiger partial charge in [-0.2, -0.15) is 13.2 Å². The summed E-state index contributed by atoms with van der Waals surface area (Å²) < 4.78 is 39.6. The van der Waals surface area contributed by atoms with Gasteiger partial charge in [-0.25, -0.2) is 0 Å². The summed E-state index contributed by atoms with van der Waals surface area (Å²) in [6.45, 7) is 4.13. The second-order valence-electron chi connectivity index (χ2n) is 6.12. The molecule has 0 spiro atoms. The molecule has 0 saturated carbocycles. The number of nitrogens with one attached hydrogen (secondary N) is 1. The number of hydrogen-bond donors (Lipinski definition) is 1. The van der Waals surface area contributed by atoms with E-state index in [2.05, 4.69) is 22.4 Å². The lowest BCUT2D eigenvalue weighted by atomic mass is 9.83. The van der Waals surface area contributed by atoms with Gasteiger partial charge in [0.2, 0.25) is 11.7 Å². The molecule has 2 unspecified atom stereocenters. The van der Waals surface area contributed by atoms with Crippen LogP contribution in [0.1, 0.15) is 31.4 Å². The van der Waals surface area contributed by atoms with E-state index in [4.69, 9.17) is 0 Å². The topological polar surface area (TPSA) is 63.1 Å². The van der Waals surface area contributed by atoms with E-state index in [1.54, 1.807) is 4.90 Å². The first kappa shape index (κ1) is 16.2. The summed E-state index contributed by atoms with van der Waals surface area (Å²) in [5.74, 6) is -0.521. The van der Waals surface area contributed by atoms with Gasteiger partial charge in [-0.1, -0.05) is 13.3 Å². The number of piperidine rings is 1. The molecule has 2 aliphatic heterocycles. The summed E-state index contributed by atoms with van der Waals surface area (Å²) >= 11 is 0. The van der Waals surface area contributed by atoms with E-state index in [9.17, 15) is 18.0 Å². The molecule has 1 aromatic heterocycles. The third-order valence-corrected chi connectivity index (χ3v) is 4.77. The standard InChI is InChI=1S/C14H20F3N5O/c1-2-9-7-18-4-3-10(9)12(23)21-5-6-22-11(8-21)19-20-13(22)14(15,16)17/h9-10,18H,2-8H2,1H3. The van der Waals surface area contributed by atoms with E-state index in [1.165, 1.54) is 0 Å². The minimum Gasteiger partial charge on any atom is -0.333 e. The van der Waals surface area contributed by atoms with E-state index in [1.807, 2.05) is 0 Å². The molecule has 1 amide bonds. The fourth-order valence-corrected chi connectivity index (χ4v) is 3.47. The molecule has 3 heterocycles. The number of amides is 1. The maximum absolute atomic E-state index is 12.8. The van der Waals surface area contributed by atoms with Crippen molar-refractivity contribution in [3.05, 3.63) is 11.6 Å². The summed E-state index contributed by atoms with van der Waals surface area (Å²) in [5.41, 5.74) is 0. The van der Waals surface area contributed by atoms with Crippen molar-refractivity contribution in [1.82, 2.24) is 25.0 Å². The molecule has 1 saturated heterocycles. The SMILES string of the molecule is CCC1CNCCC1C(=O)N1CCn2c(nnc2C(F)(F)F)C1. The Morgan fingerprint density at radius 1 is 1.35 bits per heavy atom. The molecule has 0 aromatic carbocycles. The van der Waals surface area contributed by atoms with Crippen LogP contribution in [0.15, 0.2) is 0 Å². The van der Waals surface area contributed by atoms with Crippen molar-refractivity contribution < 1.29 is 18.0 Å². The van der Waals surface area contributed by atoms with Crippen LogP contribution in [0.3, 0.4) is 0 Å². The minimum atomic E-state index is -4.51. The zero-order valence-electron chi connectivity index (χ0n) is 12.9. The van der Waals surface area contributed by atoms with Crippen molar-refractivity contribution in [3.63, 3.8) is 0 Å². The van der Waals surface area contributed by atoms with Crippen LogP contribution in [-0.4, -0.2) is 45.2 Å². The molecule has 9 heteroatoms. The van der Waals surface area contributed by atoms with Gasteiger partial charge < -0.3 is 14.8 Å². The number of hydrogen-bond acceptors (Lipinski definition) is 4. The zero-order chi connectivity index (χ0) is 16.6. The van der Waals surface area contributed by atoms with Crippen molar-refractivity contribution in [2.45, 2.75) is 39.0 Å². The van der Waals surface area contributed by atoms with Crippen LogP contribution in [0.2, 0.25) is 0 Å². The lowest BCUT2D eigenvalue weighted by molar-refractivity contribution is -0.148. The summed E-state index contributed by atoms with van der Waals surface area (Å²) in [6.07, 6.45) is -2.83. The van der Waals surface area contributed by atoms with E-state index in [0.717, 1.165) is 30.5 Å². The second-order valence-corrected chi connectivity index (χ2v) is 6.12. The fourth-order valence-electron chi connectivity index (χ4n) is 3.47. The molecule has 1 N–H and O–H groups in total. The molecular formula is C14H20F3N5O. The number of alkyl halides is 3. The van der Waals surface area contributed by atoms with Crippen molar-refractivity contribution in [2.75, 3.05) is 19.6 Å². The molecule has 0 radical (unpaired) electrons. The number of carbonyl (C=O) groups excluding carboxylic acids is 1. The highest BCUT2D eigenvalue weighted by atomic mass is 19.4. The van der Waals surface area contributed by atoms with Crippen molar-refractivity contribution >= 4 is 5.91 Å². The number of nitrogens with zero attached hydrogens (tertiary/aromatic N) is 4. The van der Waals surface area contributed by atoms with Crippen LogP contribution in [0.4, 0.5) is 13.2 Å². The molecule has 2 aliphatic rings. The Labute approximate surface area is 132 Å². The quantitative estimate of drug-likeness (QED) is 0.887. The molecule has 3 rings (SSSR count). The second kappa shape index (κ2) is 6.10. The predicted molar refractivity (Wildman–Crippen MR) is 75.2 cm³/mol. The highest BCUT2D eigenvalue weighted by Gasteiger charge is 2.41. The highest BCUT2D eigenvalue weighted by molar-refractivity contribution is 5.79. The Bertz CT molecular complexity index is 585. The molecule has 128 valence electrons.